The van der Waals surface area contributed by atoms with Crippen molar-refractivity contribution in [1.82, 2.24) is 9.21 Å². The van der Waals surface area contributed by atoms with Crippen molar-refractivity contribution in [3.05, 3.63) is 59.7 Å². The minimum Gasteiger partial charge on any atom is -0.494 e. The van der Waals surface area contributed by atoms with Crippen molar-refractivity contribution in [2.45, 2.75) is 25.3 Å². The first kappa shape index (κ1) is 18.9. The van der Waals surface area contributed by atoms with Crippen molar-refractivity contribution in [3.63, 3.8) is 0 Å². The number of nitrogens with zero attached hydrogens (tertiary/aromatic N) is 2. The van der Waals surface area contributed by atoms with Crippen molar-refractivity contribution >= 4 is 10.0 Å². The van der Waals surface area contributed by atoms with Crippen LogP contribution >= 0.6 is 0 Å². The van der Waals surface area contributed by atoms with Crippen LogP contribution in [0.2, 0.25) is 0 Å². The second kappa shape index (κ2) is 8.20. The molecule has 1 aliphatic rings. The average Bonchev–Trinajstić information content (AvgIpc) is 2.65. The zero-order valence-electron chi connectivity index (χ0n) is 15.4. The largest absolute Gasteiger partial charge is 0.494 e. The SMILES string of the molecule is CCOc1ccc(S(=O)(=O)N2CCN(Cc3ccccc3C)CC2)cc1. The third-order valence-electron chi connectivity index (χ3n) is 4.76. The van der Waals surface area contributed by atoms with Gasteiger partial charge in [-0.05, 0) is 49.2 Å². The molecule has 0 aliphatic carbocycles. The first-order valence-electron chi connectivity index (χ1n) is 9.00. The molecule has 1 fully saturated rings. The molecular formula is C20H26N2O3S. The number of hydrogen-bond donors (Lipinski definition) is 0. The number of sulfonamides is 1. The van der Waals surface area contributed by atoms with Crippen LogP contribution in [0, 0.1) is 6.92 Å². The van der Waals surface area contributed by atoms with Crippen LogP contribution in [0.1, 0.15) is 18.1 Å². The molecule has 0 unspecified atom stereocenters. The van der Waals surface area contributed by atoms with Crippen molar-refractivity contribution in [1.29, 1.82) is 0 Å². The Balaban J connectivity index is 1.62. The van der Waals surface area contributed by atoms with Crippen LogP contribution in [0.25, 0.3) is 0 Å². The Morgan fingerprint density at radius 2 is 1.62 bits per heavy atom. The number of hydrogen-bond acceptors (Lipinski definition) is 4. The molecule has 6 heteroatoms. The molecule has 2 aromatic rings. The highest BCUT2D eigenvalue weighted by atomic mass is 32.2. The number of aryl methyl sites for hydroxylation is 1. The molecule has 0 amide bonds. The van der Waals surface area contributed by atoms with E-state index in [1.807, 2.05) is 13.0 Å². The maximum Gasteiger partial charge on any atom is 0.243 e. The third kappa shape index (κ3) is 4.26. The van der Waals surface area contributed by atoms with E-state index in [0.29, 0.717) is 30.3 Å². The van der Waals surface area contributed by atoms with Crippen LogP contribution in [0.15, 0.2) is 53.4 Å². The predicted molar refractivity (Wildman–Crippen MR) is 103 cm³/mol. The molecule has 2 aromatic carbocycles. The van der Waals surface area contributed by atoms with Gasteiger partial charge in [-0.25, -0.2) is 8.42 Å². The van der Waals surface area contributed by atoms with Gasteiger partial charge in [0.1, 0.15) is 5.75 Å². The molecule has 1 aliphatic heterocycles. The number of ether oxygens (including phenoxy) is 1. The van der Waals surface area contributed by atoms with Crippen LogP contribution in [0.4, 0.5) is 0 Å². The van der Waals surface area contributed by atoms with Gasteiger partial charge in [0.2, 0.25) is 10.0 Å². The van der Waals surface area contributed by atoms with E-state index in [1.165, 1.54) is 11.1 Å². The van der Waals surface area contributed by atoms with Crippen molar-refractivity contribution < 1.29 is 13.2 Å². The van der Waals surface area contributed by atoms with Gasteiger partial charge in [0, 0.05) is 32.7 Å². The standard InChI is InChI=1S/C20H26N2O3S/c1-3-25-19-8-10-20(11-9-19)26(23,24)22-14-12-21(13-15-22)16-18-7-5-4-6-17(18)2/h4-11H,3,12-16H2,1-2H3. The lowest BCUT2D eigenvalue weighted by atomic mass is 10.1. The summed E-state index contributed by atoms with van der Waals surface area (Å²) >= 11 is 0. The van der Waals surface area contributed by atoms with Crippen molar-refractivity contribution in [2.24, 2.45) is 0 Å². The predicted octanol–water partition coefficient (Wildman–Crippen LogP) is 2.90. The van der Waals surface area contributed by atoms with Gasteiger partial charge in [-0.15, -0.1) is 0 Å². The first-order valence-corrected chi connectivity index (χ1v) is 10.4. The monoisotopic (exact) mass is 374 g/mol. The molecule has 1 saturated heterocycles. The molecule has 1 heterocycles. The lowest BCUT2D eigenvalue weighted by Crippen LogP contribution is -2.48. The summed E-state index contributed by atoms with van der Waals surface area (Å²) in [5.74, 6) is 0.689. The molecule has 5 nitrogen and oxygen atoms in total. The average molecular weight is 375 g/mol. The smallest absolute Gasteiger partial charge is 0.243 e. The van der Waals surface area contributed by atoms with Gasteiger partial charge >= 0.3 is 0 Å². The van der Waals surface area contributed by atoms with Crippen LogP contribution in [-0.2, 0) is 16.6 Å². The minimum absolute atomic E-state index is 0.327. The van der Waals surface area contributed by atoms with E-state index < -0.39 is 10.0 Å². The molecule has 26 heavy (non-hydrogen) atoms. The Morgan fingerprint density at radius 1 is 0.962 bits per heavy atom. The van der Waals surface area contributed by atoms with Gasteiger partial charge in [-0.3, -0.25) is 4.90 Å². The van der Waals surface area contributed by atoms with Crippen LogP contribution < -0.4 is 4.74 Å². The summed E-state index contributed by atoms with van der Waals surface area (Å²) in [7, 11) is -3.45. The Hall–Kier alpha value is -1.89. The number of benzene rings is 2. The maximum atomic E-state index is 12.8. The van der Waals surface area contributed by atoms with Crippen LogP contribution in [-0.4, -0.2) is 50.4 Å². The van der Waals surface area contributed by atoms with Gasteiger partial charge < -0.3 is 4.74 Å². The second-order valence-electron chi connectivity index (χ2n) is 6.51. The minimum atomic E-state index is -3.45. The van der Waals surface area contributed by atoms with E-state index in [1.54, 1.807) is 28.6 Å². The van der Waals surface area contributed by atoms with Crippen LogP contribution in [0.3, 0.4) is 0 Å². The number of rotatable bonds is 6. The maximum absolute atomic E-state index is 12.8. The fourth-order valence-corrected chi connectivity index (χ4v) is 4.60. The third-order valence-corrected chi connectivity index (χ3v) is 6.67. The van der Waals surface area contributed by atoms with Crippen LogP contribution in [0.5, 0.6) is 5.75 Å². The zero-order valence-corrected chi connectivity index (χ0v) is 16.2. The first-order chi connectivity index (χ1) is 12.5. The fourth-order valence-electron chi connectivity index (χ4n) is 3.18. The Morgan fingerprint density at radius 3 is 2.23 bits per heavy atom. The number of piperazine rings is 1. The van der Waals surface area contributed by atoms with Gasteiger partial charge in [-0.2, -0.15) is 4.31 Å². The fraction of sp³-hybridized carbons (Fsp3) is 0.400. The topological polar surface area (TPSA) is 49.9 Å². The van der Waals surface area contributed by atoms with E-state index in [-0.39, 0.29) is 0 Å². The van der Waals surface area contributed by atoms with E-state index in [2.05, 4.69) is 30.0 Å². The Bertz CT molecular complexity index is 826. The molecular weight excluding hydrogens is 348 g/mol. The van der Waals surface area contributed by atoms with Gasteiger partial charge in [0.15, 0.2) is 0 Å². The summed E-state index contributed by atoms with van der Waals surface area (Å²) < 4.78 is 32.6. The molecule has 140 valence electrons. The molecule has 0 N–H and O–H groups in total. The summed E-state index contributed by atoms with van der Waals surface area (Å²) in [6.45, 7) is 7.96. The highest BCUT2D eigenvalue weighted by Crippen LogP contribution is 2.21. The molecule has 0 atom stereocenters. The van der Waals surface area contributed by atoms with E-state index in [4.69, 9.17) is 4.74 Å². The molecule has 0 saturated carbocycles. The normalized spacial score (nSPS) is 16.5. The van der Waals surface area contributed by atoms with E-state index >= 15 is 0 Å². The van der Waals surface area contributed by atoms with Gasteiger partial charge in [0.25, 0.3) is 0 Å². The quantitative estimate of drug-likeness (QED) is 0.780. The second-order valence-corrected chi connectivity index (χ2v) is 8.45. The lowest BCUT2D eigenvalue weighted by molar-refractivity contribution is 0.181. The zero-order chi connectivity index (χ0) is 18.6. The highest BCUT2D eigenvalue weighted by molar-refractivity contribution is 7.89. The van der Waals surface area contributed by atoms with Gasteiger partial charge in [-0.1, -0.05) is 24.3 Å². The van der Waals surface area contributed by atoms with Crippen molar-refractivity contribution in [3.8, 4) is 5.75 Å². The Labute approximate surface area is 156 Å². The summed E-state index contributed by atoms with van der Waals surface area (Å²) in [5.41, 5.74) is 2.58. The molecule has 0 aromatic heterocycles. The van der Waals surface area contributed by atoms with E-state index in [0.717, 1.165) is 19.6 Å². The molecule has 0 spiro atoms. The van der Waals surface area contributed by atoms with Gasteiger partial charge in [0.05, 0.1) is 11.5 Å². The Kier molecular flexibility index (Phi) is 5.96. The summed E-state index contributed by atoms with van der Waals surface area (Å²) in [6.07, 6.45) is 0. The van der Waals surface area contributed by atoms with Crippen molar-refractivity contribution in [2.75, 3.05) is 32.8 Å². The summed E-state index contributed by atoms with van der Waals surface area (Å²) in [5, 5.41) is 0. The molecule has 3 rings (SSSR count). The highest BCUT2D eigenvalue weighted by Gasteiger charge is 2.28. The summed E-state index contributed by atoms with van der Waals surface area (Å²) in [6, 6.07) is 15.0. The molecule has 0 radical (unpaired) electrons. The van der Waals surface area contributed by atoms with E-state index in [9.17, 15) is 8.42 Å². The lowest BCUT2D eigenvalue weighted by Gasteiger charge is -2.34. The molecule has 0 bridgehead atoms. The summed E-state index contributed by atoms with van der Waals surface area (Å²) in [4.78, 5) is 2.64.